The topological polar surface area (TPSA) is 16.4 Å². The van der Waals surface area contributed by atoms with Crippen LogP contribution in [0.2, 0.25) is 0 Å². The summed E-state index contributed by atoms with van der Waals surface area (Å²) >= 11 is 0. The van der Waals surface area contributed by atoms with Gasteiger partial charge in [0.15, 0.2) is 0 Å². The number of para-hydroxylation sites is 1. The van der Waals surface area contributed by atoms with Crippen molar-refractivity contribution in [1.82, 2.24) is 0 Å². The summed E-state index contributed by atoms with van der Waals surface area (Å²) in [6.45, 7) is 4.95. The van der Waals surface area contributed by atoms with Gasteiger partial charge in [-0.05, 0) is 97.3 Å². The average Bonchev–Trinajstić information content (AvgIpc) is 3.73. The first-order chi connectivity index (χ1) is 27.6. The van der Waals surface area contributed by atoms with Gasteiger partial charge in [-0.15, -0.1) is 0 Å². The highest BCUT2D eigenvalue weighted by molar-refractivity contribution is 6.92. The number of fused-ring (bicyclic) bond motifs is 14. The standard InChI is InChI=1S/C53H38BNO/c1-53(2)44-20-10-8-17-36(44)40-29-43-47-39(49(40)53)19-12-21-45(47)54-50-41(30-42-37-18-9-11-22-46(37)56-52(42)48(43)50)38-28-25-33-15-6-7-16-35(33)51(38)55(54)34-26-23-32(24-27-34)31-13-4-3-5-14-31/h3-28,30,40,43,49H,29H2,1-2H3. The summed E-state index contributed by atoms with van der Waals surface area (Å²) in [4.78, 5) is 2.69. The molecule has 264 valence electrons. The summed E-state index contributed by atoms with van der Waals surface area (Å²) in [7, 11) is 0. The molecule has 0 amide bonds. The SMILES string of the molecule is CC1(C)c2ccccc2C2CC3c4c(cccc4C21)B1c2c(cc4c(oc5ccccc54)c23)-c2ccc3ccccc3c2N1c1ccc(-c2ccccc2)cc1. The minimum Gasteiger partial charge on any atom is -0.456 e. The van der Waals surface area contributed by atoms with Crippen molar-refractivity contribution in [3.63, 3.8) is 0 Å². The van der Waals surface area contributed by atoms with E-state index >= 15 is 0 Å². The molecule has 0 spiro atoms. The minimum atomic E-state index is -0.0341. The van der Waals surface area contributed by atoms with Crippen LogP contribution in [0.3, 0.4) is 0 Å². The number of rotatable bonds is 2. The molecular formula is C53H38BNO. The van der Waals surface area contributed by atoms with Gasteiger partial charge in [-0.2, -0.15) is 0 Å². The van der Waals surface area contributed by atoms with Crippen LogP contribution in [0, 0.1) is 0 Å². The van der Waals surface area contributed by atoms with E-state index in [0.717, 1.165) is 17.6 Å². The fraction of sp³-hybridized carbons (Fsp3) is 0.132. The van der Waals surface area contributed by atoms with E-state index in [4.69, 9.17) is 4.42 Å². The Labute approximate surface area is 327 Å². The van der Waals surface area contributed by atoms with E-state index in [-0.39, 0.29) is 18.2 Å². The fourth-order valence-corrected chi connectivity index (χ4v) is 12.0. The van der Waals surface area contributed by atoms with Crippen molar-refractivity contribution in [3.8, 4) is 22.3 Å². The summed E-state index contributed by atoms with van der Waals surface area (Å²) in [5.41, 5.74) is 19.9. The van der Waals surface area contributed by atoms with Crippen molar-refractivity contribution < 1.29 is 4.42 Å². The van der Waals surface area contributed by atoms with Gasteiger partial charge in [0, 0.05) is 50.5 Å². The van der Waals surface area contributed by atoms with Crippen LogP contribution in [-0.2, 0) is 5.41 Å². The summed E-state index contributed by atoms with van der Waals surface area (Å²) in [5, 5.41) is 4.95. The first kappa shape index (κ1) is 30.9. The van der Waals surface area contributed by atoms with Gasteiger partial charge in [-0.3, -0.25) is 0 Å². The molecule has 3 heterocycles. The van der Waals surface area contributed by atoms with Gasteiger partial charge in [0.05, 0.1) is 0 Å². The Balaban J connectivity index is 1.17. The van der Waals surface area contributed by atoms with Gasteiger partial charge in [-0.25, -0.2) is 0 Å². The van der Waals surface area contributed by atoms with Gasteiger partial charge in [0.25, 0.3) is 0 Å². The molecule has 8 aromatic carbocycles. The summed E-state index contributed by atoms with van der Waals surface area (Å²) in [5.74, 6) is 1.04. The van der Waals surface area contributed by atoms with Crippen molar-refractivity contribution in [2.75, 3.05) is 4.81 Å². The van der Waals surface area contributed by atoms with Crippen LogP contribution in [-0.4, -0.2) is 6.85 Å². The monoisotopic (exact) mass is 715 g/mol. The maximum absolute atomic E-state index is 7.10. The molecule has 0 saturated heterocycles. The molecule has 2 aliphatic heterocycles. The lowest BCUT2D eigenvalue weighted by Gasteiger charge is -2.49. The molecule has 2 aliphatic carbocycles. The maximum Gasteiger partial charge on any atom is 0.329 e. The molecule has 3 heteroatoms. The molecule has 0 bridgehead atoms. The summed E-state index contributed by atoms with van der Waals surface area (Å²) in [6, 6.07) is 61.5. The zero-order chi connectivity index (χ0) is 36.9. The van der Waals surface area contributed by atoms with Gasteiger partial charge >= 0.3 is 6.85 Å². The number of hydrogen-bond acceptors (Lipinski definition) is 2. The van der Waals surface area contributed by atoms with Gasteiger partial charge in [0.1, 0.15) is 11.2 Å². The number of anilines is 2. The van der Waals surface area contributed by atoms with Crippen molar-refractivity contribution in [3.05, 3.63) is 192 Å². The molecule has 56 heavy (non-hydrogen) atoms. The number of benzene rings is 8. The van der Waals surface area contributed by atoms with Crippen LogP contribution in [0.4, 0.5) is 11.4 Å². The zero-order valence-corrected chi connectivity index (χ0v) is 31.5. The van der Waals surface area contributed by atoms with Crippen LogP contribution in [0.1, 0.15) is 65.8 Å². The van der Waals surface area contributed by atoms with Crippen LogP contribution in [0.5, 0.6) is 0 Å². The molecule has 3 unspecified atom stereocenters. The van der Waals surface area contributed by atoms with Crippen LogP contribution in [0.25, 0.3) is 55.0 Å². The number of furan rings is 1. The third-order valence-corrected chi connectivity index (χ3v) is 14.2. The van der Waals surface area contributed by atoms with Crippen LogP contribution in [0.15, 0.2) is 168 Å². The van der Waals surface area contributed by atoms with Crippen molar-refractivity contribution in [2.45, 2.75) is 43.4 Å². The molecule has 1 aromatic heterocycles. The van der Waals surface area contributed by atoms with Crippen LogP contribution >= 0.6 is 0 Å². The zero-order valence-electron chi connectivity index (χ0n) is 31.5. The first-order valence-electron chi connectivity index (χ1n) is 20.2. The third kappa shape index (κ3) is 3.88. The predicted octanol–water partition coefficient (Wildman–Crippen LogP) is 12.3. The molecule has 13 rings (SSSR count). The van der Waals surface area contributed by atoms with E-state index in [2.05, 4.69) is 182 Å². The van der Waals surface area contributed by atoms with Crippen molar-refractivity contribution >= 4 is 61.9 Å². The summed E-state index contributed by atoms with van der Waals surface area (Å²) < 4.78 is 7.10. The lowest BCUT2D eigenvalue weighted by atomic mass is 9.38. The van der Waals surface area contributed by atoms with E-state index in [0.29, 0.717) is 11.8 Å². The second-order valence-electron chi connectivity index (χ2n) is 17.1. The molecule has 9 aromatic rings. The van der Waals surface area contributed by atoms with E-state index in [1.54, 1.807) is 0 Å². The molecule has 2 nitrogen and oxygen atoms in total. The average molecular weight is 716 g/mol. The van der Waals surface area contributed by atoms with Gasteiger partial charge in [0.2, 0.25) is 0 Å². The Morgan fingerprint density at radius 2 is 1.34 bits per heavy atom. The number of hydrogen-bond donors (Lipinski definition) is 0. The smallest absolute Gasteiger partial charge is 0.329 e. The molecule has 0 saturated carbocycles. The molecule has 0 radical (unpaired) electrons. The largest absolute Gasteiger partial charge is 0.456 e. The van der Waals surface area contributed by atoms with E-state index < -0.39 is 0 Å². The quantitative estimate of drug-likeness (QED) is 0.166. The highest BCUT2D eigenvalue weighted by Gasteiger charge is 2.55. The van der Waals surface area contributed by atoms with Crippen molar-refractivity contribution in [2.24, 2.45) is 0 Å². The molecule has 4 aliphatic rings. The lowest BCUT2D eigenvalue weighted by molar-refractivity contribution is 0.358. The third-order valence-electron chi connectivity index (χ3n) is 14.2. The van der Waals surface area contributed by atoms with E-state index in [1.807, 2.05) is 0 Å². The van der Waals surface area contributed by atoms with Crippen LogP contribution < -0.4 is 15.7 Å². The Morgan fingerprint density at radius 1 is 0.607 bits per heavy atom. The van der Waals surface area contributed by atoms with E-state index in [9.17, 15) is 0 Å². The Bertz CT molecular complexity index is 3120. The fourth-order valence-electron chi connectivity index (χ4n) is 12.0. The number of nitrogens with zero attached hydrogens (tertiary/aromatic N) is 1. The second kappa shape index (κ2) is 10.9. The van der Waals surface area contributed by atoms with Crippen molar-refractivity contribution in [1.29, 1.82) is 0 Å². The van der Waals surface area contributed by atoms with Gasteiger partial charge < -0.3 is 9.23 Å². The molecule has 3 atom stereocenters. The highest BCUT2D eigenvalue weighted by Crippen LogP contribution is 2.64. The van der Waals surface area contributed by atoms with Gasteiger partial charge in [-0.1, -0.05) is 153 Å². The molecule has 0 N–H and O–H groups in total. The molecular weight excluding hydrogens is 677 g/mol. The Morgan fingerprint density at radius 3 is 2.21 bits per heavy atom. The summed E-state index contributed by atoms with van der Waals surface area (Å²) in [6.07, 6.45) is 1.07. The minimum absolute atomic E-state index is 0.0144. The lowest BCUT2D eigenvalue weighted by Crippen LogP contribution is -2.63. The first-order valence-corrected chi connectivity index (χ1v) is 20.2. The normalized spacial score (nSPS) is 19.4. The molecule has 0 fully saturated rings. The Hall–Kier alpha value is -6.32. The maximum atomic E-state index is 7.10. The Kier molecular flexibility index (Phi) is 6.04. The predicted molar refractivity (Wildman–Crippen MR) is 234 cm³/mol. The second-order valence-corrected chi connectivity index (χ2v) is 17.1. The highest BCUT2D eigenvalue weighted by atomic mass is 16.3. The van der Waals surface area contributed by atoms with E-state index in [1.165, 1.54) is 93.9 Å².